The third-order valence-corrected chi connectivity index (χ3v) is 5.71. The quantitative estimate of drug-likeness (QED) is 0.779. The molecule has 4 nitrogen and oxygen atoms in total. The SMILES string of the molecule is O=C1Cc2c(OCC3CCN(c4ccc(Cl)cc4F)CC3)ccc(Cl)c2N1. The van der Waals surface area contributed by atoms with Crippen LogP contribution in [0.3, 0.4) is 0 Å². The zero-order valence-corrected chi connectivity index (χ0v) is 16.1. The summed E-state index contributed by atoms with van der Waals surface area (Å²) in [7, 11) is 0. The average molecular weight is 409 g/mol. The van der Waals surface area contributed by atoms with Gasteiger partial charge in [-0.2, -0.15) is 0 Å². The lowest BCUT2D eigenvalue weighted by Gasteiger charge is -2.33. The Morgan fingerprint density at radius 2 is 1.96 bits per heavy atom. The molecule has 27 heavy (non-hydrogen) atoms. The number of nitrogens with one attached hydrogen (secondary N) is 1. The number of ether oxygens (including phenoxy) is 1. The molecule has 2 aliphatic heterocycles. The molecule has 2 aromatic rings. The fraction of sp³-hybridized carbons (Fsp3) is 0.350. The van der Waals surface area contributed by atoms with Gasteiger partial charge in [0, 0.05) is 23.7 Å². The number of nitrogens with zero attached hydrogens (tertiary/aromatic N) is 1. The highest BCUT2D eigenvalue weighted by Gasteiger charge is 2.26. The van der Waals surface area contributed by atoms with Gasteiger partial charge in [-0.1, -0.05) is 23.2 Å². The molecule has 1 fully saturated rings. The predicted octanol–water partition coefficient (Wildman–Crippen LogP) is 4.92. The largest absolute Gasteiger partial charge is 0.493 e. The predicted molar refractivity (Wildman–Crippen MR) is 106 cm³/mol. The standard InChI is InChI=1S/C20H19Cl2FN2O2/c21-13-1-3-17(16(23)9-13)25-7-5-12(6-8-25)11-27-18-4-2-15(22)20-14(18)10-19(26)24-20/h1-4,9,12H,5-8,10-11H2,(H,24,26). The minimum atomic E-state index is -0.286. The summed E-state index contributed by atoms with van der Waals surface area (Å²) in [6.45, 7) is 2.11. The molecular weight excluding hydrogens is 390 g/mol. The molecule has 0 radical (unpaired) electrons. The van der Waals surface area contributed by atoms with E-state index >= 15 is 0 Å². The second-order valence-electron chi connectivity index (χ2n) is 6.96. The van der Waals surface area contributed by atoms with Gasteiger partial charge in [0.25, 0.3) is 0 Å². The van der Waals surface area contributed by atoms with Gasteiger partial charge in [-0.25, -0.2) is 4.39 Å². The Balaban J connectivity index is 1.36. The van der Waals surface area contributed by atoms with Crippen molar-refractivity contribution in [2.24, 2.45) is 5.92 Å². The summed E-state index contributed by atoms with van der Waals surface area (Å²) in [5, 5.41) is 3.71. The highest BCUT2D eigenvalue weighted by Crippen LogP contribution is 2.38. The van der Waals surface area contributed by atoms with Crippen LogP contribution in [0.4, 0.5) is 15.8 Å². The van der Waals surface area contributed by atoms with Crippen molar-refractivity contribution >= 4 is 40.5 Å². The summed E-state index contributed by atoms with van der Waals surface area (Å²) >= 11 is 12.0. The Morgan fingerprint density at radius 1 is 1.19 bits per heavy atom. The molecule has 2 aromatic carbocycles. The van der Waals surface area contributed by atoms with Crippen LogP contribution in [0.1, 0.15) is 18.4 Å². The first-order valence-corrected chi connectivity index (χ1v) is 9.71. The third-order valence-electron chi connectivity index (χ3n) is 5.16. The van der Waals surface area contributed by atoms with E-state index in [9.17, 15) is 9.18 Å². The highest BCUT2D eigenvalue weighted by molar-refractivity contribution is 6.34. The number of rotatable bonds is 4. The second kappa shape index (κ2) is 7.56. The lowest BCUT2D eigenvalue weighted by Crippen LogP contribution is -2.36. The molecule has 0 spiro atoms. The number of amides is 1. The van der Waals surface area contributed by atoms with Crippen LogP contribution >= 0.6 is 23.2 Å². The maximum Gasteiger partial charge on any atom is 0.229 e. The van der Waals surface area contributed by atoms with Crippen molar-refractivity contribution in [1.82, 2.24) is 0 Å². The summed E-state index contributed by atoms with van der Waals surface area (Å²) in [5.74, 6) is 0.735. The molecule has 0 saturated carbocycles. The molecule has 1 amide bonds. The molecule has 1 saturated heterocycles. The molecule has 142 valence electrons. The number of carbonyl (C=O) groups is 1. The van der Waals surface area contributed by atoms with E-state index in [1.807, 2.05) is 11.0 Å². The maximum absolute atomic E-state index is 14.1. The number of piperidine rings is 1. The topological polar surface area (TPSA) is 41.6 Å². The average Bonchev–Trinajstić information content (AvgIpc) is 3.04. The van der Waals surface area contributed by atoms with E-state index in [2.05, 4.69) is 5.32 Å². The molecule has 2 heterocycles. The lowest BCUT2D eigenvalue weighted by atomic mass is 9.97. The molecule has 7 heteroatoms. The van der Waals surface area contributed by atoms with Crippen LogP contribution in [0, 0.1) is 11.7 Å². The molecule has 0 aromatic heterocycles. The zero-order valence-electron chi connectivity index (χ0n) is 14.6. The van der Waals surface area contributed by atoms with E-state index in [-0.39, 0.29) is 11.7 Å². The third kappa shape index (κ3) is 3.85. The number of hydrogen-bond acceptors (Lipinski definition) is 3. The molecule has 4 rings (SSSR count). The summed E-state index contributed by atoms with van der Waals surface area (Å²) in [6, 6.07) is 8.36. The monoisotopic (exact) mass is 408 g/mol. The van der Waals surface area contributed by atoms with Crippen molar-refractivity contribution < 1.29 is 13.9 Å². The Bertz CT molecular complexity index is 883. The van der Waals surface area contributed by atoms with E-state index in [0.29, 0.717) is 46.1 Å². The molecule has 1 N–H and O–H groups in total. The van der Waals surface area contributed by atoms with Gasteiger partial charge in [-0.15, -0.1) is 0 Å². The van der Waals surface area contributed by atoms with Crippen molar-refractivity contribution in [3.05, 3.63) is 51.8 Å². The van der Waals surface area contributed by atoms with Gasteiger partial charge >= 0.3 is 0 Å². The summed E-state index contributed by atoms with van der Waals surface area (Å²) in [6.07, 6.45) is 2.11. The fourth-order valence-electron chi connectivity index (χ4n) is 3.68. The maximum atomic E-state index is 14.1. The number of carbonyl (C=O) groups excluding carboxylic acids is 1. The summed E-state index contributed by atoms with van der Waals surface area (Å²) in [4.78, 5) is 13.7. The van der Waals surface area contributed by atoms with Gasteiger partial charge in [-0.3, -0.25) is 4.79 Å². The highest BCUT2D eigenvalue weighted by atomic mass is 35.5. The Morgan fingerprint density at radius 3 is 2.70 bits per heavy atom. The summed E-state index contributed by atoms with van der Waals surface area (Å²) in [5.41, 5.74) is 2.08. The lowest BCUT2D eigenvalue weighted by molar-refractivity contribution is -0.115. The van der Waals surface area contributed by atoms with Crippen molar-refractivity contribution in [3.63, 3.8) is 0 Å². The van der Waals surface area contributed by atoms with Crippen LogP contribution < -0.4 is 15.0 Å². The first kappa shape index (κ1) is 18.4. The summed E-state index contributed by atoms with van der Waals surface area (Å²) < 4.78 is 20.1. The molecular formula is C20H19Cl2FN2O2. The normalized spacial score (nSPS) is 17.0. The smallest absolute Gasteiger partial charge is 0.229 e. The number of benzene rings is 2. The Hall–Kier alpha value is -1.98. The Kier molecular flexibility index (Phi) is 5.15. The minimum Gasteiger partial charge on any atom is -0.493 e. The second-order valence-corrected chi connectivity index (χ2v) is 7.80. The minimum absolute atomic E-state index is 0.0683. The van der Waals surface area contributed by atoms with Gasteiger partial charge in [0.05, 0.1) is 29.4 Å². The van der Waals surface area contributed by atoms with Crippen LogP contribution in [0.25, 0.3) is 0 Å². The van der Waals surface area contributed by atoms with Crippen molar-refractivity contribution in [2.75, 3.05) is 29.9 Å². The number of anilines is 2. The van der Waals surface area contributed by atoms with Crippen molar-refractivity contribution in [1.29, 1.82) is 0 Å². The van der Waals surface area contributed by atoms with Gasteiger partial charge in [0.2, 0.25) is 5.91 Å². The van der Waals surface area contributed by atoms with Crippen LogP contribution in [0.15, 0.2) is 30.3 Å². The number of halogens is 3. The van der Waals surface area contributed by atoms with Crippen LogP contribution in [-0.2, 0) is 11.2 Å². The molecule has 0 bridgehead atoms. The number of fused-ring (bicyclic) bond motifs is 1. The Labute approximate surface area is 167 Å². The first-order chi connectivity index (χ1) is 13.0. The van der Waals surface area contributed by atoms with Crippen molar-refractivity contribution in [2.45, 2.75) is 19.3 Å². The first-order valence-electron chi connectivity index (χ1n) is 8.95. The van der Waals surface area contributed by atoms with Crippen LogP contribution in [0.2, 0.25) is 10.0 Å². The van der Waals surface area contributed by atoms with Crippen LogP contribution in [-0.4, -0.2) is 25.6 Å². The zero-order chi connectivity index (χ0) is 19.0. The molecule has 0 atom stereocenters. The van der Waals surface area contributed by atoms with Gasteiger partial charge in [0.15, 0.2) is 0 Å². The van der Waals surface area contributed by atoms with Crippen LogP contribution in [0.5, 0.6) is 5.75 Å². The molecule has 0 aliphatic carbocycles. The molecule has 2 aliphatic rings. The van der Waals surface area contributed by atoms with E-state index in [1.165, 1.54) is 6.07 Å². The number of hydrogen-bond donors (Lipinski definition) is 1. The van der Waals surface area contributed by atoms with Gasteiger partial charge in [-0.05, 0) is 49.1 Å². The fourth-order valence-corrected chi connectivity index (χ4v) is 4.06. The molecule has 0 unspecified atom stereocenters. The van der Waals surface area contributed by atoms with E-state index in [0.717, 1.165) is 31.5 Å². The van der Waals surface area contributed by atoms with Gasteiger partial charge in [0.1, 0.15) is 11.6 Å². The van der Waals surface area contributed by atoms with Crippen molar-refractivity contribution in [3.8, 4) is 5.75 Å². The van der Waals surface area contributed by atoms with Gasteiger partial charge < -0.3 is 15.0 Å². The van der Waals surface area contributed by atoms with E-state index in [1.54, 1.807) is 18.2 Å². The van der Waals surface area contributed by atoms with E-state index in [4.69, 9.17) is 27.9 Å². The van der Waals surface area contributed by atoms with E-state index < -0.39 is 0 Å².